The lowest BCUT2D eigenvalue weighted by Gasteiger charge is -2.05. The third-order valence-electron chi connectivity index (χ3n) is 2.59. The van der Waals surface area contributed by atoms with Gasteiger partial charge < -0.3 is 0 Å². The van der Waals surface area contributed by atoms with Crippen molar-refractivity contribution in [1.82, 2.24) is 0 Å². The lowest BCUT2D eigenvalue weighted by molar-refractivity contribution is -0.384. The van der Waals surface area contributed by atoms with Gasteiger partial charge in [0.2, 0.25) is 0 Å². The Morgan fingerprint density at radius 3 is 2.20 bits per heavy atom. The minimum absolute atomic E-state index is 0.118. The third-order valence-corrected chi connectivity index (χ3v) is 6.28. The van der Waals surface area contributed by atoms with Crippen molar-refractivity contribution in [3.05, 3.63) is 28.3 Å². The van der Waals surface area contributed by atoms with E-state index in [9.17, 15) is 22.7 Å². The molecule has 0 bridgehead atoms. The molecule has 0 atom stereocenters. The average molecular weight is 341 g/mol. The number of nitro groups is 1. The average Bonchev–Trinajstić information content (AvgIpc) is 2.37. The Labute approximate surface area is 121 Å². The van der Waals surface area contributed by atoms with E-state index in [0.29, 0.717) is 0 Å². The Kier molecular flexibility index (Phi) is 5.11. The lowest BCUT2D eigenvalue weighted by atomic mass is 10.3. The highest BCUT2D eigenvalue weighted by Gasteiger charge is 2.20. The Morgan fingerprint density at radius 2 is 1.80 bits per heavy atom. The smallest absolute Gasteiger partial charge is 0.258 e. The molecule has 0 heterocycles. The second-order valence-electron chi connectivity index (χ2n) is 3.79. The molecule has 1 aromatic rings. The zero-order valence-electron chi connectivity index (χ0n) is 10.8. The molecule has 1 rings (SSSR count). The van der Waals surface area contributed by atoms with Crippen molar-refractivity contribution < 1.29 is 17.6 Å². The second-order valence-corrected chi connectivity index (χ2v) is 9.24. The predicted molar refractivity (Wildman–Crippen MR) is 77.4 cm³/mol. The van der Waals surface area contributed by atoms with Crippen LogP contribution in [0.4, 0.5) is 11.4 Å². The Hall–Kier alpha value is -1.19. The van der Waals surface area contributed by atoms with Gasteiger partial charge >= 0.3 is 0 Å². The maximum absolute atomic E-state index is 12.2. The molecule has 0 aromatic heterocycles. The zero-order chi connectivity index (χ0) is 15.6. The van der Waals surface area contributed by atoms with Gasteiger partial charge in [0.15, 0.2) is 5.69 Å². The van der Waals surface area contributed by atoms with Crippen LogP contribution in [0.5, 0.6) is 0 Å². The van der Waals surface area contributed by atoms with Crippen molar-refractivity contribution in [2.45, 2.75) is 18.7 Å². The Balaban J connectivity index is 3.59. The molecule has 0 aliphatic carbocycles. The molecule has 0 fully saturated rings. The summed E-state index contributed by atoms with van der Waals surface area (Å²) in [6, 6.07) is 3.05. The highest BCUT2D eigenvalue weighted by molar-refractivity contribution is 8.13. The van der Waals surface area contributed by atoms with Crippen molar-refractivity contribution in [2.75, 3.05) is 11.5 Å². The van der Waals surface area contributed by atoms with Gasteiger partial charge in [-0.15, -0.1) is 0 Å². The van der Waals surface area contributed by atoms with Crippen LogP contribution < -0.4 is 0 Å². The van der Waals surface area contributed by atoms with Crippen molar-refractivity contribution in [1.29, 1.82) is 0 Å². The van der Waals surface area contributed by atoms with Gasteiger partial charge in [0, 0.05) is 28.3 Å². The SMILES string of the molecule is CCS(=O)(CC)=Nc1ccc(S(=O)(=O)Cl)cc1[N+](=O)[O-]. The molecule has 1 aromatic carbocycles. The van der Waals surface area contributed by atoms with Crippen molar-refractivity contribution >= 4 is 40.8 Å². The van der Waals surface area contributed by atoms with Gasteiger partial charge in [-0.1, -0.05) is 13.8 Å². The maximum Gasteiger partial charge on any atom is 0.296 e. The van der Waals surface area contributed by atoms with Crippen molar-refractivity contribution in [3.8, 4) is 0 Å². The van der Waals surface area contributed by atoms with E-state index in [0.717, 1.165) is 18.2 Å². The first-order valence-electron chi connectivity index (χ1n) is 5.58. The summed E-state index contributed by atoms with van der Waals surface area (Å²) in [5.74, 6) is 0.492. The predicted octanol–water partition coefficient (Wildman–Crippen LogP) is 2.66. The van der Waals surface area contributed by atoms with E-state index >= 15 is 0 Å². The van der Waals surface area contributed by atoms with Gasteiger partial charge in [0.1, 0.15) is 0 Å². The van der Waals surface area contributed by atoms with Gasteiger partial charge in [-0.3, -0.25) is 10.1 Å². The van der Waals surface area contributed by atoms with Crippen LogP contribution in [0.1, 0.15) is 13.8 Å². The third kappa shape index (κ3) is 3.90. The van der Waals surface area contributed by atoms with Gasteiger partial charge in [-0.2, -0.15) is 4.36 Å². The number of halogens is 1. The molecule has 0 aliphatic heterocycles. The monoisotopic (exact) mass is 340 g/mol. The minimum atomic E-state index is -4.08. The molecule has 0 radical (unpaired) electrons. The number of nitro benzene ring substituents is 1. The van der Waals surface area contributed by atoms with E-state index in [4.69, 9.17) is 10.7 Å². The van der Waals surface area contributed by atoms with Crippen LogP contribution in [0, 0.1) is 10.1 Å². The normalized spacial score (nSPS) is 12.2. The molecule has 0 unspecified atom stereocenters. The fourth-order valence-corrected chi connectivity index (χ4v) is 3.34. The fraction of sp³-hybridized carbons (Fsp3) is 0.400. The van der Waals surface area contributed by atoms with E-state index in [2.05, 4.69) is 4.36 Å². The quantitative estimate of drug-likeness (QED) is 0.465. The molecular weight excluding hydrogens is 328 g/mol. The standard InChI is InChI=1S/C10H13ClN2O5S2/c1-3-19(16,4-2)12-9-6-5-8(20(11,17)18)7-10(9)13(14)15/h5-7H,3-4H2,1-2H3. The molecule has 0 spiro atoms. The Bertz CT molecular complexity index is 741. The van der Waals surface area contributed by atoms with Crippen LogP contribution in [0.2, 0.25) is 0 Å². The van der Waals surface area contributed by atoms with E-state index in [-0.39, 0.29) is 17.2 Å². The summed E-state index contributed by atoms with van der Waals surface area (Å²) in [5, 5.41) is 11.0. The molecule has 0 saturated carbocycles. The summed E-state index contributed by atoms with van der Waals surface area (Å²) in [7, 11) is -1.52. The van der Waals surface area contributed by atoms with Crippen molar-refractivity contribution in [2.24, 2.45) is 4.36 Å². The molecule has 0 N–H and O–H groups in total. The summed E-state index contributed by atoms with van der Waals surface area (Å²) < 4.78 is 38.5. The van der Waals surface area contributed by atoms with Crippen LogP contribution in [0.15, 0.2) is 27.5 Å². The first-order valence-corrected chi connectivity index (χ1v) is 9.75. The molecular formula is C10H13ClN2O5S2. The van der Waals surface area contributed by atoms with E-state index < -0.39 is 34.3 Å². The molecule has 20 heavy (non-hydrogen) atoms. The highest BCUT2D eigenvalue weighted by Crippen LogP contribution is 2.32. The molecule has 112 valence electrons. The number of hydrogen-bond acceptors (Lipinski definition) is 6. The summed E-state index contributed by atoms with van der Waals surface area (Å²) in [4.78, 5) is 9.80. The van der Waals surface area contributed by atoms with E-state index in [1.807, 2.05) is 0 Å². The Morgan fingerprint density at radius 1 is 1.25 bits per heavy atom. The number of benzene rings is 1. The first kappa shape index (κ1) is 16.9. The topological polar surface area (TPSA) is 107 Å². The van der Waals surface area contributed by atoms with Crippen LogP contribution >= 0.6 is 10.7 Å². The molecule has 10 heteroatoms. The van der Waals surface area contributed by atoms with Gasteiger partial charge in [-0.05, 0) is 12.1 Å². The number of hydrogen-bond donors (Lipinski definition) is 0. The number of rotatable bonds is 5. The fourth-order valence-electron chi connectivity index (χ4n) is 1.39. The number of nitrogens with zero attached hydrogens (tertiary/aromatic N) is 2. The summed E-state index contributed by atoms with van der Waals surface area (Å²) >= 11 is 0. The van der Waals surface area contributed by atoms with Crippen LogP contribution in [-0.2, 0) is 18.8 Å². The minimum Gasteiger partial charge on any atom is -0.258 e. The van der Waals surface area contributed by atoms with Gasteiger partial charge in [0.05, 0.1) is 19.5 Å². The maximum atomic E-state index is 12.2. The van der Waals surface area contributed by atoms with Crippen molar-refractivity contribution in [3.63, 3.8) is 0 Å². The zero-order valence-corrected chi connectivity index (χ0v) is 13.2. The lowest BCUT2D eigenvalue weighted by Crippen LogP contribution is -2.05. The van der Waals surface area contributed by atoms with Gasteiger partial charge in [-0.25, -0.2) is 12.6 Å². The van der Waals surface area contributed by atoms with Crippen LogP contribution in [0.3, 0.4) is 0 Å². The van der Waals surface area contributed by atoms with Gasteiger partial charge in [0.25, 0.3) is 14.7 Å². The molecule has 0 aliphatic rings. The largest absolute Gasteiger partial charge is 0.296 e. The van der Waals surface area contributed by atoms with E-state index in [1.54, 1.807) is 13.8 Å². The van der Waals surface area contributed by atoms with E-state index in [1.165, 1.54) is 0 Å². The highest BCUT2D eigenvalue weighted by atomic mass is 35.7. The summed E-state index contributed by atoms with van der Waals surface area (Å²) in [6.07, 6.45) is 0. The second kappa shape index (κ2) is 6.06. The summed E-state index contributed by atoms with van der Waals surface area (Å²) in [6.45, 7) is 3.33. The summed E-state index contributed by atoms with van der Waals surface area (Å²) in [5.41, 5.74) is -0.658. The first-order chi connectivity index (χ1) is 9.13. The molecule has 0 amide bonds. The molecule has 7 nitrogen and oxygen atoms in total. The van der Waals surface area contributed by atoms with Crippen LogP contribution in [0.25, 0.3) is 0 Å². The van der Waals surface area contributed by atoms with Crippen LogP contribution in [-0.4, -0.2) is 29.1 Å². The molecule has 0 saturated heterocycles.